The van der Waals surface area contributed by atoms with Gasteiger partial charge in [-0.3, -0.25) is 14.2 Å². The normalized spacial score (nSPS) is 21.0. The van der Waals surface area contributed by atoms with Gasteiger partial charge in [-0.15, -0.1) is 0 Å². The number of ether oxygens (including phenoxy) is 1. The van der Waals surface area contributed by atoms with Crippen molar-refractivity contribution in [2.24, 2.45) is 0 Å². The number of carbonyl (C=O) groups excluding carboxylic acids is 2. The first kappa shape index (κ1) is 28.2. The van der Waals surface area contributed by atoms with Crippen LogP contribution in [-0.2, 0) is 16.0 Å². The van der Waals surface area contributed by atoms with E-state index in [9.17, 15) is 24.9 Å². The van der Waals surface area contributed by atoms with Crippen LogP contribution in [0.5, 0.6) is 0 Å². The Hall–Kier alpha value is -4.95. The zero-order valence-corrected chi connectivity index (χ0v) is 22.7. The highest BCUT2D eigenvalue weighted by Gasteiger charge is 2.43. The molecule has 6 rings (SSSR count). The standard InChI is InChI=1S/C30H29N7O6/c38-14-19(12-18-13-31-21-9-5-4-8-20(18)21)35-23(39)11-10-22-25(40)26(41)30(43-22)37-16-34-24-27(32-15-33-28(24)37)36-29(42)17-6-2-1-3-7-17/h1-11,13,15-16,19,22,25-26,30-31,38,40-41H,12,14H2,(H,35,39)(H,32,33,36,42)/b11-10+/t19-,22-,25-,26-,30-/m1/s1. The number of aliphatic hydroxyl groups excluding tert-OH is 3. The number of imidazole rings is 1. The number of aromatic nitrogens is 5. The van der Waals surface area contributed by atoms with Crippen molar-refractivity contribution in [3.8, 4) is 0 Å². The molecule has 5 aromatic rings. The molecule has 6 N–H and O–H groups in total. The lowest BCUT2D eigenvalue weighted by Crippen LogP contribution is -2.38. The van der Waals surface area contributed by atoms with Gasteiger partial charge in [-0.25, -0.2) is 15.0 Å². The highest BCUT2D eigenvalue weighted by atomic mass is 16.6. The van der Waals surface area contributed by atoms with Crippen LogP contribution in [0.25, 0.3) is 22.1 Å². The number of hydrogen-bond acceptors (Lipinski definition) is 9. The van der Waals surface area contributed by atoms with Gasteiger partial charge in [-0.2, -0.15) is 0 Å². The molecule has 220 valence electrons. The second-order valence-corrected chi connectivity index (χ2v) is 10.1. The first-order valence-corrected chi connectivity index (χ1v) is 13.6. The Morgan fingerprint density at radius 3 is 2.65 bits per heavy atom. The summed E-state index contributed by atoms with van der Waals surface area (Å²) in [4.78, 5) is 41.2. The SMILES string of the molecule is O=C(/C=C/[C@H]1O[C@@H](n2cnc3c(NC(=O)c4ccccc4)ncnc32)[C@H](O)[C@@H]1O)N[C@@H](CO)Cc1c[nH]c2ccccc12. The van der Waals surface area contributed by atoms with Crippen LogP contribution in [-0.4, -0.2) is 82.6 Å². The third-order valence-corrected chi connectivity index (χ3v) is 7.32. The lowest BCUT2D eigenvalue weighted by Gasteiger charge is -2.16. The van der Waals surface area contributed by atoms with Gasteiger partial charge in [0.25, 0.3) is 5.91 Å². The summed E-state index contributed by atoms with van der Waals surface area (Å²) in [6.45, 7) is -0.272. The van der Waals surface area contributed by atoms with Gasteiger partial charge in [-0.05, 0) is 36.3 Å². The average Bonchev–Trinajstić information content (AvgIpc) is 3.72. The summed E-state index contributed by atoms with van der Waals surface area (Å²) in [7, 11) is 0. The number of para-hydroxylation sites is 1. The molecule has 1 saturated heterocycles. The summed E-state index contributed by atoms with van der Waals surface area (Å²) in [5, 5.41) is 37.8. The number of fused-ring (bicyclic) bond motifs is 2. The van der Waals surface area contributed by atoms with Gasteiger partial charge in [0, 0.05) is 28.7 Å². The van der Waals surface area contributed by atoms with Crippen LogP contribution >= 0.6 is 0 Å². The molecule has 1 aliphatic heterocycles. The Morgan fingerprint density at radius 1 is 1.05 bits per heavy atom. The summed E-state index contributed by atoms with van der Waals surface area (Å²) in [5.41, 5.74) is 2.89. The molecular weight excluding hydrogens is 554 g/mol. The zero-order chi connectivity index (χ0) is 29.9. The monoisotopic (exact) mass is 583 g/mol. The summed E-state index contributed by atoms with van der Waals surface area (Å²) >= 11 is 0. The molecule has 0 bridgehead atoms. The number of amides is 2. The number of benzene rings is 2. The maximum Gasteiger partial charge on any atom is 0.256 e. The van der Waals surface area contributed by atoms with E-state index in [-0.39, 0.29) is 29.5 Å². The van der Waals surface area contributed by atoms with Crippen LogP contribution in [0.2, 0.25) is 0 Å². The van der Waals surface area contributed by atoms with Crippen LogP contribution in [0.4, 0.5) is 5.82 Å². The van der Waals surface area contributed by atoms with E-state index in [4.69, 9.17) is 4.74 Å². The van der Waals surface area contributed by atoms with E-state index in [1.807, 2.05) is 30.5 Å². The van der Waals surface area contributed by atoms with Gasteiger partial charge in [0.15, 0.2) is 23.2 Å². The van der Waals surface area contributed by atoms with E-state index >= 15 is 0 Å². The molecule has 2 amide bonds. The van der Waals surface area contributed by atoms with Gasteiger partial charge < -0.3 is 35.7 Å². The molecule has 0 aliphatic carbocycles. The van der Waals surface area contributed by atoms with E-state index < -0.39 is 36.5 Å². The first-order chi connectivity index (χ1) is 20.9. The third-order valence-electron chi connectivity index (χ3n) is 7.32. The van der Waals surface area contributed by atoms with Gasteiger partial charge in [-0.1, -0.05) is 36.4 Å². The first-order valence-electron chi connectivity index (χ1n) is 13.6. The Balaban J connectivity index is 1.12. The minimum Gasteiger partial charge on any atom is -0.394 e. The van der Waals surface area contributed by atoms with Crippen molar-refractivity contribution < 1.29 is 29.6 Å². The number of aliphatic hydroxyl groups is 3. The fourth-order valence-electron chi connectivity index (χ4n) is 5.13. The molecule has 0 unspecified atom stereocenters. The molecular formula is C30H29N7O6. The molecule has 2 aromatic carbocycles. The highest BCUT2D eigenvalue weighted by Crippen LogP contribution is 2.33. The summed E-state index contributed by atoms with van der Waals surface area (Å²) in [5.74, 6) is -0.701. The van der Waals surface area contributed by atoms with Crippen molar-refractivity contribution in [1.82, 2.24) is 29.8 Å². The molecule has 43 heavy (non-hydrogen) atoms. The number of carbonyl (C=O) groups is 2. The van der Waals surface area contributed by atoms with Gasteiger partial charge >= 0.3 is 0 Å². The van der Waals surface area contributed by atoms with Crippen LogP contribution in [0.1, 0.15) is 22.1 Å². The fourth-order valence-corrected chi connectivity index (χ4v) is 5.13. The molecule has 3 aromatic heterocycles. The summed E-state index contributed by atoms with van der Waals surface area (Å²) < 4.78 is 7.33. The Kier molecular flexibility index (Phi) is 7.94. The van der Waals surface area contributed by atoms with Crippen molar-refractivity contribution in [3.63, 3.8) is 0 Å². The zero-order valence-electron chi connectivity index (χ0n) is 22.7. The number of aromatic amines is 1. The van der Waals surface area contributed by atoms with Crippen molar-refractivity contribution in [1.29, 1.82) is 0 Å². The minimum atomic E-state index is -1.38. The van der Waals surface area contributed by atoms with E-state index in [0.717, 1.165) is 16.5 Å². The molecule has 5 atom stereocenters. The van der Waals surface area contributed by atoms with Crippen LogP contribution in [0.3, 0.4) is 0 Å². The number of nitrogens with one attached hydrogen (secondary N) is 3. The van der Waals surface area contributed by atoms with E-state index in [0.29, 0.717) is 12.0 Å². The van der Waals surface area contributed by atoms with E-state index in [1.165, 1.54) is 29.4 Å². The van der Waals surface area contributed by atoms with Gasteiger partial charge in [0.1, 0.15) is 24.6 Å². The van der Waals surface area contributed by atoms with Crippen LogP contribution in [0.15, 0.2) is 85.6 Å². The summed E-state index contributed by atoms with van der Waals surface area (Å²) in [6.07, 6.45) is 2.58. The molecule has 0 spiro atoms. The number of rotatable bonds is 9. The molecule has 13 nitrogen and oxygen atoms in total. The molecule has 1 fully saturated rings. The number of anilines is 1. The Labute approximate surface area is 244 Å². The quantitative estimate of drug-likeness (QED) is 0.140. The van der Waals surface area contributed by atoms with Gasteiger partial charge in [0.2, 0.25) is 5.91 Å². The smallest absolute Gasteiger partial charge is 0.256 e. The van der Waals surface area contributed by atoms with Crippen LogP contribution in [0, 0.1) is 0 Å². The fraction of sp³-hybridized carbons (Fsp3) is 0.233. The molecule has 0 radical (unpaired) electrons. The molecule has 13 heteroatoms. The predicted molar refractivity (Wildman–Crippen MR) is 156 cm³/mol. The van der Waals surface area contributed by atoms with Crippen molar-refractivity contribution >= 4 is 39.7 Å². The second kappa shape index (κ2) is 12.1. The lowest BCUT2D eigenvalue weighted by atomic mass is 10.1. The topological polar surface area (TPSA) is 188 Å². The second-order valence-electron chi connectivity index (χ2n) is 10.1. The Bertz CT molecular complexity index is 1790. The van der Waals surface area contributed by atoms with Crippen molar-refractivity contribution in [3.05, 3.63) is 96.7 Å². The largest absolute Gasteiger partial charge is 0.394 e. The third kappa shape index (κ3) is 5.74. The maximum atomic E-state index is 12.7. The van der Waals surface area contributed by atoms with Gasteiger partial charge in [0.05, 0.1) is 19.0 Å². The Morgan fingerprint density at radius 2 is 1.84 bits per heavy atom. The highest BCUT2D eigenvalue weighted by molar-refractivity contribution is 6.06. The van der Waals surface area contributed by atoms with E-state index in [2.05, 4.69) is 30.6 Å². The maximum absolute atomic E-state index is 12.7. The van der Waals surface area contributed by atoms with Crippen molar-refractivity contribution in [2.45, 2.75) is 37.0 Å². The minimum absolute atomic E-state index is 0.171. The molecule has 0 saturated carbocycles. The average molecular weight is 584 g/mol. The van der Waals surface area contributed by atoms with E-state index in [1.54, 1.807) is 30.3 Å². The van der Waals surface area contributed by atoms with Crippen LogP contribution < -0.4 is 10.6 Å². The predicted octanol–water partition coefficient (Wildman–Crippen LogP) is 1.46. The number of hydrogen-bond donors (Lipinski definition) is 6. The molecule has 4 heterocycles. The summed E-state index contributed by atoms with van der Waals surface area (Å²) in [6, 6.07) is 15.8. The molecule has 1 aliphatic rings. The van der Waals surface area contributed by atoms with Crippen molar-refractivity contribution in [2.75, 3.05) is 11.9 Å². The lowest BCUT2D eigenvalue weighted by molar-refractivity contribution is -0.117. The number of nitrogens with zero attached hydrogens (tertiary/aromatic N) is 4. The number of H-pyrrole nitrogens is 1.